The molecule has 1 nitrogen and oxygen atoms in total. The van der Waals surface area contributed by atoms with Gasteiger partial charge in [0.1, 0.15) is 0 Å². The summed E-state index contributed by atoms with van der Waals surface area (Å²) in [5, 5.41) is 3.82. The summed E-state index contributed by atoms with van der Waals surface area (Å²) in [6.45, 7) is 1.11. The molecule has 0 fully saturated rings. The molecule has 0 aromatic heterocycles. The highest BCUT2D eigenvalue weighted by Gasteiger charge is 2.29. The van der Waals surface area contributed by atoms with E-state index in [-0.39, 0.29) is 0 Å². The van der Waals surface area contributed by atoms with Crippen molar-refractivity contribution in [1.29, 1.82) is 0 Å². The van der Waals surface area contributed by atoms with Crippen LogP contribution in [0.3, 0.4) is 0 Å². The van der Waals surface area contributed by atoms with Crippen LogP contribution in [-0.2, 0) is 19.3 Å². The van der Waals surface area contributed by atoms with Crippen molar-refractivity contribution in [3.63, 3.8) is 0 Å². The maximum absolute atomic E-state index is 12.4. The Morgan fingerprint density at radius 3 is 2.10 bits per heavy atom. The minimum absolute atomic E-state index is 0.498. The van der Waals surface area contributed by atoms with Gasteiger partial charge in [0.2, 0.25) is 0 Å². The maximum Gasteiger partial charge on any atom is 0.416 e. The molecule has 0 amide bonds. The van der Waals surface area contributed by atoms with Gasteiger partial charge in [-0.05, 0) is 51.3 Å². The van der Waals surface area contributed by atoms with Crippen LogP contribution in [0.25, 0.3) is 0 Å². The van der Waals surface area contributed by atoms with Crippen LogP contribution in [0.1, 0.15) is 16.7 Å². The molecule has 21 heavy (non-hydrogen) atoms. The molecule has 6 heteroatoms. The zero-order chi connectivity index (χ0) is 15.5. The van der Waals surface area contributed by atoms with Crippen LogP contribution in [0.15, 0.2) is 46.9 Å². The first-order valence-electron chi connectivity index (χ1n) is 6.17. The van der Waals surface area contributed by atoms with E-state index < -0.39 is 11.7 Å². The van der Waals surface area contributed by atoms with Crippen LogP contribution < -0.4 is 5.32 Å². The summed E-state index contributed by atoms with van der Waals surface area (Å²) in [5.74, 6) is 0. The van der Waals surface area contributed by atoms with E-state index in [1.165, 1.54) is 12.1 Å². The maximum atomic E-state index is 12.4. The van der Waals surface area contributed by atoms with E-state index in [1.807, 2.05) is 12.1 Å². The molecule has 0 saturated heterocycles. The molecule has 0 atom stereocenters. The molecule has 112 valence electrons. The van der Waals surface area contributed by atoms with Crippen molar-refractivity contribution in [2.75, 3.05) is 0 Å². The lowest BCUT2D eigenvalue weighted by Gasteiger charge is -2.09. The molecule has 0 aliphatic rings. The number of alkyl halides is 3. The SMILES string of the molecule is FC(F)(F)c1ccc(CNCc2ccc(Cl)c(Br)c2)cc1. The third kappa shape index (κ3) is 4.73. The molecule has 1 N–H and O–H groups in total. The van der Waals surface area contributed by atoms with E-state index in [0.29, 0.717) is 18.1 Å². The third-order valence-corrected chi connectivity index (χ3v) is 4.14. The van der Waals surface area contributed by atoms with Crippen molar-refractivity contribution in [3.05, 3.63) is 68.7 Å². The first kappa shape index (κ1) is 16.3. The Labute approximate surface area is 134 Å². The predicted octanol–water partition coefficient (Wildman–Crippen LogP) is 5.41. The van der Waals surface area contributed by atoms with E-state index >= 15 is 0 Å². The lowest BCUT2D eigenvalue weighted by molar-refractivity contribution is -0.137. The Morgan fingerprint density at radius 2 is 1.52 bits per heavy atom. The molecule has 0 spiro atoms. The largest absolute Gasteiger partial charge is 0.416 e. The first-order valence-corrected chi connectivity index (χ1v) is 7.34. The Hall–Kier alpha value is -1.04. The summed E-state index contributed by atoms with van der Waals surface area (Å²) in [7, 11) is 0. The van der Waals surface area contributed by atoms with Gasteiger partial charge in [-0.1, -0.05) is 29.8 Å². The third-order valence-electron chi connectivity index (χ3n) is 2.92. The van der Waals surface area contributed by atoms with Crippen LogP contribution in [-0.4, -0.2) is 0 Å². The Balaban J connectivity index is 1.90. The van der Waals surface area contributed by atoms with Crippen molar-refractivity contribution in [1.82, 2.24) is 5.32 Å². The molecule has 0 heterocycles. The smallest absolute Gasteiger partial charge is 0.309 e. The van der Waals surface area contributed by atoms with Crippen molar-refractivity contribution in [2.45, 2.75) is 19.3 Å². The summed E-state index contributed by atoms with van der Waals surface area (Å²) in [6.07, 6.45) is -4.29. The van der Waals surface area contributed by atoms with Gasteiger partial charge >= 0.3 is 6.18 Å². The number of rotatable bonds is 4. The molecule has 2 aromatic carbocycles. The van der Waals surface area contributed by atoms with E-state index in [1.54, 1.807) is 6.07 Å². The van der Waals surface area contributed by atoms with Crippen molar-refractivity contribution < 1.29 is 13.2 Å². The quantitative estimate of drug-likeness (QED) is 0.750. The summed E-state index contributed by atoms with van der Waals surface area (Å²) in [5.41, 5.74) is 1.21. The molecular formula is C15H12BrClF3N. The van der Waals surface area contributed by atoms with E-state index in [0.717, 1.165) is 27.7 Å². The number of hydrogen-bond acceptors (Lipinski definition) is 1. The number of halogens is 5. The molecule has 0 unspecified atom stereocenters. The van der Waals surface area contributed by atoms with Crippen LogP contribution >= 0.6 is 27.5 Å². The molecule has 0 saturated carbocycles. The fourth-order valence-corrected chi connectivity index (χ4v) is 2.36. The minimum atomic E-state index is -4.29. The van der Waals surface area contributed by atoms with Gasteiger partial charge in [-0.25, -0.2) is 0 Å². The van der Waals surface area contributed by atoms with E-state index in [9.17, 15) is 13.2 Å². The summed E-state index contributed by atoms with van der Waals surface area (Å²) < 4.78 is 38.1. The predicted molar refractivity (Wildman–Crippen MR) is 81.1 cm³/mol. The highest BCUT2D eigenvalue weighted by molar-refractivity contribution is 9.10. The van der Waals surface area contributed by atoms with Gasteiger partial charge in [0.15, 0.2) is 0 Å². The highest BCUT2D eigenvalue weighted by Crippen LogP contribution is 2.29. The van der Waals surface area contributed by atoms with Gasteiger partial charge in [0, 0.05) is 17.6 Å². The molecule has 0 aliphatic heterocycles. The standard InChI is InChI=1S/C15H12BrClF3N/c16-13-7-11(3-6-14(13)17)9-21-8-10-1-4-12(5-2-10)15(18,19)20/h1-7,21H,8-9H2. The zero-order valence-electron chi connectivity index (χ0n) is 10.8. The van der Waals surface area contributed by atoms with Crippen molar-refractivity contribution >= 4 is 27.5 Å². The molecule has 0 aliphatic carbocycles. The normalized spacial score (nSPS) is 11.7. The minimum Gasteiger partial charge on any atom is -0.309 e. The lowest BCUT2D eigenvalue weighted by Crippen LogP contribution is -2.13. The van der Waals surface area contributed by atoms with Crippen LogP contribution in [0.2, 0.25) is 5.02 Å². The molecule has 0 bridgehead atoms. The Bertz CT molecular complexity index is 611. The lowest BCUT2D eigenvalue weighted by atomic mass is 10.1. The Morgan fingerprint density at radius 1 is 0.952 bits per heavy atom. The topological polar surface area (TPSA) is 12.0 Å². The van der Waals surface area contributed by atoms with Crippen LogP contribution in [0, 0.1) is 0 Å². The van der Waals surface area contributed by atoms with Gasteiger partial charge in [0.25, 0.3) is 0 Å². The number of benzene rings is 2. The van der Waals surface area contributed by atoms with Crippen LogP contribution in [0.5, 0.6) is 0 Å². The summed E-state index contributed by atoms with van der Waals surface area (Å²) in [4.78, 5) is 0. The first-order chi connectivity index (χ1) is 9.86. The van der Waals surface area contributed by atoms with Crippen molar-refractivity contribution in [2.24, 2.45) is 0 Å². The molecule has 2 rings (SSSR count). The van der Waals surface area contributed by atoms with E-state index in [2.05, 4.69) is 21.2 Å². The van der Waals surface area contributed by atoms with E-state index in [4.69, 9.17) is 11.6 Å². The van der Waals surface area contributed by atoms with Gasteiger partial charge in [-0.2, -0.15) is 13.2 Å². The van der Waals surface area contributed by atoms with Gasteiger partial charge in [-0.15, -0.1) is 0 Å². The molecule has 2 aromatic rings. The fraction of sp³-hybridized carbons (Fsp3) is 0.200. The molecule has 0 radical (unpaired) electrons. The second kappa shape index (κ2) is 6.81. The van der Waals surface area contributed by atoms with Gasteiger partial charge in [0.05, 0.1) is 10.6 Å². The fourth-order valence-electron chi connectivity index (χ4n) is 1.81. The summed E-state index contributed by atoms with van der Waals surface area (Å²) >= 11 is 9.25. The average Bonchev–Trinajstić information content (AvgIpc) is 2.42. The highest BCUT2D eigenvalue weighted by atomic mass is 79.9. The summed E-state index contributed by atoms with van der Waals surface area (Å²) in [6, 6.07) is 10.7. The second-order valence-corrected chi connectivity index (χ2v) is 5.81. The zero-order valence-corrected chi connectivity index (χ0v) is 13.2. The van der Waals surface area contributed by atoms with Crippen LogP contribution in [0.4, 0.5) is 13.2 Å². The monoisotopic (exact) mass is 377 g/mol. The second-order valence-electron chi connectivity index (χ2n) is 4.55. The van der Waals surface area contributed by atoms with Gasteiger partial charge in [-0.3, -0.25) is 0 Å². The number of nitrogens with one attached hydrogen (secondary N) is 1. The average molecular weight is 379 g/mol. The number of hydrogen-bond donors (Lipinski definition) is 1. The Kier molecular flexibility index (Phi) is 5.30. The molecular weight excluding hydrogens is 367 g/mol. The van der Waals surface area contributed by atoms with Gasteiger partial charge < -0.3 is 5.32 Å². The van der Waals surface area contributed by atoms with Crippen molar-refractivity contribution in [3.8, 4) is 0 Å².